The lowest BCUT2D eigenvalue weighted by Crippen LogP contribution is -2.30. The van der Waals surface area contributed by atoms with E-state index in [-0.39, 0.29) is 38.4 Å². The van der Waals surface area contributed by atoms with E-state index in [0.29, 0.717) is 19.3 Å². The van der Waals surface area contributed by atoms with Crippen molar-refractivity contribution in [1.82, 2.24) is 0 Å². The zero-order valence-electron chi connectivity index (χ0n) is 50.7. The van der Waals surface area contributed by atoms with Gasteiger partial charge < -0.3 is 14.2 Å². The van der Waals surface area contributed by atoms with E-state index in [9.17, 15) is 14.4 Å². The van der Waals surface area contributed by atoms with Crippen LogP contribution in [0.25, 0.3) is 0 Å². The molecule has 81 heavy (non-hydrogen) atoms. The van der Waals surface area contributed by atoms with Gasteiger partial charge >= 0.3 is 17.9 Å². The highest BCUT2D eigenvalue weighted by atomic mass is 16.6. The second-order valence-corrected chi connectivity index (χ2v) is 19.1. The molecule has 1 unspecified atom stereocenters. The summed E-state index contributed by atoms with van der Waals surface area (Å²) in [7, 11) is 0. The largest absolute Gasteiger partial charge is 0.462 e. The van der Waals surface area contributed by atoms with E-state index in [1.807, 2.05) is 12.2 Å². The molecule has 0 saturated heterocycles. The monoisotopic (exact) mass is 1100 g/mol. The van der Waals surface area contributed by atoms with Gasteiger partial charge in [-0.2, -0.15) is 0 Å². The molecule has 0 saturated carbocycles. The molecule has 0 aliphatic rings. The molecular weight excluding hydrogens is 997 g/mol. The third kappa shape index (κ3) is 64.2. The van der Waals surface area contributed by atoms with Gasteiger partial charge in [-0.3, -0.25) is 14.4 Å². The van der Waals surface area contributed by atoms with Gasteiger partial charge in [-0.05, 0) is 161 Å². The number of esters is 3. The summed E-state index contributed by atoms with van der Waals surface area (Å²) >= 11 is 0. The summed E-state index contributed by atoms with van der Waals surface area (Å²) in [5.74, 6) is -1.16. The average Bonchev–Trinajstić information content (AvgIpc) is 3.46. The molecule has 1 atom stereocenters. The minimum absolute atomic E-state index is 0.160. The summed E-state index contributed by atoms with van der Waals surface area (Å²) in [6.07, 6.45) is 105. The molecule has 0 radical (unpaired) electrons. The smallest absolute Gasteiger partial charge is 0.306 e. The van der Waals surface area contributed by atoms with Crippen LogP contribution in [0.5, 0.6) is 0 Å². The van der Waals surface area contributed by atoms with Crippen molar-refractivity contribution in [1.29, 1.82) is 0 Å². The minimum Gasteiger partial charge on any atom is -0.462 e. The lowest BCUT2D eigenvalue weighted by atomic mass is 10.2. The van der Waals surface area contributed by atoms with Gasteiger partial charge in [0.15, 0.2) is 6.10 Å². The molecule has 0 N–H and O–H groups in total. The summed E-state index contributed by atoms with van der Waals surface area (Å²) in [6.45, 7) is 6.11. The average molecular weight is 1110 g/mol. The Morgan fingerprint density at radius 2 is 0.469 bits per heavy atom. The molecule has 6 heteroatoms. The summed E-state index contributed by atoms with van der Waals surface area (Å²) in [4.78, 5) is 38.1. The van der Waals surface area contributed by atoms with E-state index in [1.54, 1.807) is 0 Å². The van der Waals surface area contributed by atoms with Gasteiger partial charge in [0.25, 0.3) is 0 Å². The van der Waals surface area contributed by atoms with Crippen molar-refractivity contribution in [3.8, 4) is 0 Å². The highest BCUT2D eigenvalue weighted by Gasteiger charge is 2.19. The van der Waals surface area contributed by atoms with Gasteiger partial charge in [0.05, 0.1) is 0 Å². The molecule has 0 aliphatic heterocycles. The number of hydrogen-bond donors (Lipinski definition) is 0. The normalized spacial score (nSPS) is 13.8. The predicted molar refractivity (Wildman–Crippen MR) is 352 cm³/mol. The second kappa shape index (κ2) is 66.0. The van der Waals surface area contributed by atoms with E-state index in [1.165, 1.54) is 0 Å². The van der Waals surface area contributed by atoms with Crippen LogP contribution in [0.1, 0.15) is 201 Å². The van der Waals surface area contributed by atoms with Crippen LogP contribution >= 0.6 is 0 Å². The first-order chi connectivity index (χ1) is 40.0. The van der Waals surface area contributed by atoms with E-state index < -0.39 is 18.0 Å². The van der Waals surface area contributed by atoms with Gasteiger partial charge in [-0.25, -0.2) is 0 Å². The fourth-order valence-electron chi connectivity index (χ4n) is 7.16. The minimum atomic E-state index is -0.871. The fraction of sp³-hybridized carbons (Fsp3) is 0.453. The lowest BCUT2D eigenvalue weighted by molar-refractivity contribution is -0.166. The predicted octanol–water partition coefficient (Wildman–Crippen LogP) is 21.5. The maximum absolute atomic E-state index is 12.8. The van der Waals surface area contributed by atoms with Crippen LogP contribution in [0.15, 0.2) is 231 Å². The molecule has 0 heterocycles. The van der Waals surface area contributed by atoms with Gasteiger partial charge in [0, 0.05) is 19.3 Å². The number of unbranched alkanes of at least 4 members (excludes halogenated alkanes) is 3. The van der Waals surface area contributed by atoms with Crippen LogP contribution in [0.4, 0.5) is 0 Å². The molecule has 0 bridgehead atoms. The maximum Gasteiger partial charge on any atom is 0.306 e. The Labute approximate surface area is 494 Å². The first-order valence-corrected chi connectivity index (χ1v) is 30.9. The van der Waals surface area contributed by atoms with Crippen molar-refractivity contribution in [2.24, 2.45) is 0 Å². The van der Waals surface area contributed by atoms with E-state index in [0.717, 1.165) is 141 Å². The van der Waals surface area contributed by atoms with Gasteiger partial charge in [0.1, 0.15) is 13.2 Å². The molecule has 444 valence electrons. The molecular formula is C75H108O6. The molecule has 0 aliphatic carbocycles. The fourth-order valence-corrected chi connectivity index (χ4v) is 7.16. The zero-order valence-corrected chi connectivity index (χ0v) is 50.7. The number of ether oxygens (including phenoxy) is 3. The molecule has 6 nitrogen and oxygen atoms in total. The summed E-state index contributed by atoms with van der Waals surface area (Å²) in [5, 5.41) is 0. The lowest BCUT2D eigenvalue weighted by Gasteiger charge is -2.18. The van der Waals surface area contributed by atoms with Crippen LogP contribution in [-0.2, 0) is 28.6 Å². The number of hydrogen-bond acceptors (Lipinski definition) is 6. The number of carbonyl (C=O) groups excluding carboxylic acids is 3. The van der Waals surface area contributed by atoms with Crippen molar-refractivity contribution >= 4 is 17.9 Å². The molecule has 0 aromatic rings. The molecule has 0 amide bonds. The summed E-state index contributed by atoms with van der Waals surface area (Å²) < 4.78 is 16.7. The van der Waals surface area contributed by atoms with Crippen LogP contribution < -0.4 is 0 Å². The molecule has 0 rings (SSSR count). The third-order valence-corrected chi connectivity index (χ3v) is 11.7. The third-order valence-electron chi connectivity index (χ3n) is 11.7. The Hall–Kier alpha value is -6.53. The highest BCUT2D eigenvalue weighted by Crippen LogP contribution is 2.09. The van der Waals surface area contributed by atoms with Crippen LogP contribution in [-0.4, -0.2) is 37.2 Å². The van der Waals surface area contributed by atoms with Crippen LogP contribution in [0.2, 0.25) is 0 Å². The number of carbonyl (C=O) groups is 3. The summed E-state index contributed by atoms with van der Waals surface area (Å²) in [6, 6.07) is 0. The second-order valence-electron chi connectivity index (χ2n) is 19.1. The maximum atomic E-state index is 12.8. The van der Waals surface area contributed by atoms with Gasteiger partial charge in [0.2, 0.25) is 0 Å². The van der Waals surface area contributed by atoms with Crippen molar-refractivity contribution in [2.75, 3.05) is 13.2 Å². The van der Waals surface area contributed by atoms with Crippen molar-refractivity contribution in [3.63, 3.8) is 0 Å². The molecule has 0 aromatic carbocycles. The van der Waals surface area contributed by atoms with Gasteiger partial charge in [-0.15, -0.1) is 0 Å². The van der Waals surface area contributed by atoms with Crippen molar-refractivity contribution < 1.29 is 28.6 Å². The van der Waals surface area contributed by atoms with Crippen molar-refractivity contribution in [2.45, 2.75) is 207 Å². The molecule has 0 fully saturated rings. The highest BCUT2D eigenvalue weighted by molar-refractivity contribution is 5.71. The first kappa shape index (κ1) is 74.5. The van der Waals surface area contributed by atoms with E-state index in [2.05, 4.69) is 240 Å². The van der Waals surface area contributed by atoms with E-state index in [4.69, 9.17) is 14.2 Å². The Bertz CT molecular complexity index is 2090. The Balaban J connectivity index is 4.53. The number of rotatable bonds is 52. The Morgan fingerprint density at radius 1 is 0.247 bits per heavy atom. The standard InChI is InChI=1S/C75H108O6/c1-4-7-10-13-16-19-22-25-27-29-30-31-32-33-34-35-36-37-38-39-40-41-42-43-44-46-47-50-53-56-59-62-65-68-74(77)80-71-72(70-79-73(76)67-64-61-58-55-52-49-24-21-18-15-12-9-6-3)81-75(78)69-66-63-60-57-54-51-48-45-28-26-23-20-17-14-11-8-5-2/h7-12,16-21,25-28,30-31,33-34,36-37,39-40,42-43,46-49,51-53,56-58,60-61,72H,4-6,13-15,22-24,29,32,35,38,41,44-45,50,54-55,59,62-71H2,1-3H3/b10-7-,11-8-,12-9-,19-16-,20-17-,21-18-,27-25-,28-26-,31-30-,34-33-,37-36-,40-39-,43-42-,47-46-,51-48-,52-49-,56-53-,60-57-,61-58-. The molecule has 0 spiro atoms. The first-order valence-electron chi connectivity index (χ1n) is 30.9. The Kier molecular flexibility index (Phi) is 60.7. The quantitative estimate of drug-likeness (QED) is 0.0261. The van der Waals surface area contributed by atoms with Crippen LogP contribution in [0, 0.1) is 0 Å². The Morgan fingerprint density at radius 3 is 0.753 bits per heavy atom. The number of allylic oxidation sites excluding steroid dienone is 38. The molecule has 0 aromatic heterocycles. The summed E-state index contributed by atoms with van der Waals surface area (Å²) in [5.41, 5.74) is 0. The van der Waals surface area contributed by atoms with Crippen LogP contribution in [0.3, 0.4) is 0 Å². The van der Waals surface area contributed by atoms with Crippen molar-refractivity contribution in [3.05, 3.63) is 231 Å². The topological polar surface area (TPSA) is 78.9 Å². The van der Waals surface area contributed by atoms with Gasteiger partial charge in [-0.1, -0.05) is 252 Å². The zero-order chi connectivity index (χ0) is 58.5. The van der Waals surface area contributed by atoms with E-state index >= 15 is 0 Å². The SMILES string of the molecule is CC/C=C\C/C=C\C/C=C\C/C=C\C/C=C\C/C=C\C/C=C\C/C=C\C/C=C\C/C=C\CCCCC(=O)OCC(COC(=O)CC/C=C\C/C=C\C/C=C\C/C=C\CC)OC(=O)CCC/C=C\C/C=C\C/C=C\C/C=C\C/C=C\CC.